The molecule has 0 saturated heterocycles. The van der Waals surface area contributed by atoms with E-state index in [2.05, 4.69) is 11.4 Å². The fraction of sp³-hybridized carbons (Fsp3) is 0.533. The van der Waals surface area contributed by atoms with Gasteiger partial charge in [-0.25, -0.2) is 0 Å². The zero-order valence-electron chi connectivity index (χ0n) is 12.5. The van der Waals surface area contributed by atoms with E-state index in [1.165, 1.54) is 0 Å². The molecular weight excluding hydrogens is 256 g/mol. The van der Waals surface area contributed by atoms with Gasteiger partial charge in [0.1, 0.15) is 5.54 Å². The summed E-state index contributed by atoms with van der Waals surface area (Å²) in [5.41, 5.74) is 0.370. The maximum Gasteiger partial charge on any atom is 0.160 e. The molecule has 110 valence electrons. The van der Waals surface area contributed by atoms with Gasteiger partial charge in [-0.1, -0.05) is 6.07 Å². The molecule has 1 atom stereocenters. The van der Waals surface area contributed by atoms with Crippen LogP contribution in [0, 0.1) is 11.3 Å². The van der Waals surface area contributed by atoms with Crippen LogP contribution in [0.3, 0.4) is 0 Å². The lowest BCUT2D eigenvalue weighted by Crippen LogP contribution is -2.44. The maximum atomic E-state index is 9.36. The lowest BCUT2D eigenvalue weighted by Gasteiger charge is -2.23. The van der Waals surface area contributed by atoms with Crippen LogP contribution in [0.25, 0.3) is 0 Å². The molecule has 0 aliphatic carbocycles. The van der Waals surface area contributed by atoms with Crippen molar-refractivity contribution in [2.75, 3.05) is 34.5 Å². The van der Waals surface area contributed by atoms with E-state index >= 15 is 0 Å². The van der Waals surface area contributed by atoms with Crippen molar-refractivity contribution in [3.63, 3.8) is 0 Å². The van der Waals surface area contributed by atoms with Gasteiger partial charge >= 0.3 is 0 Å². The number of nitrogens with zero attached hydrogens (tertiary/aromatic N) is 1. The highest BCUT2D eigenvalue weighted by Crippen LogP contribution is 2.28. The number of rotatable bonds is 8. The van der Waals surface area contributed by atoms with Crippen LogP contribution in [-0.2, 0) is 11.2 Å². The fourth-order valence-electron chi connectivity index (χ4n) is 1.97. The van der Waals surface area contributed by atoms with Gasteiger partial charge in [-0.05, 0) is 24.6 Å². The lowest BCUT2D eigenvalue weighted by molar-refractivity contribution is 0.192. The minimum Gasteiger partial charge on any atom is -0.493 e. The van der Waals surface area contributed by atoms with Crippen molar-refractivity contribution in [1.29, 1.82) is 5.26 Å². The van der Waals surface area contributed by atoms with Gasteiger partial charge in [0.05, 0.1) is 26.9 Å². The summed E-state index contributed by atoms with van der Waals surface area (Å²) < 4.78 is 15.5. The van der Waals surface area contributed by atoms with Gasteiger partial charge in [0, 0.05) is 20.1 Å². The maximum absolute atomic E-state index is 9.36. The molecule has 0 amide bonds. The Balaban J connectivity index is 2.82. The van der Waals surface area contributed by atoms with Crippen LogP contribution in [0.15, 0.2) is 18.2 Å². The number of methoxy groups -OCH3 is 3. The monoisotopic (exact) mass is 278 g/mol. The molecule has 5 heteroatoms. The molecule has 0 fully saturated rings. The molecule has 1 rings (SSSR count). The molecule has 1 unspecified atom stereocenters. The standard InChI is InChI=1S/C15H22N2O3/c1-15(11-16,17-7-8-18-2)10-12-5-6-13(19-3)14(9-12)20-4/h5-6,9,17H,7-8,10H2,1-4H3. The molecule has 0 bridgehead atoms. The SMILES string of the molecule is COCCNC(C)(C#N)Cc1ccc(OC)c(OC)c1. The first kappa shape index (κ1) is 16.3. The average Bonchev–Trinajstić information content (AvgIpc) is 2.47. The second-order valence-electron chi connectivity index (χ2n) is 4.73. The Labute approximate surface area is 120 Å². The number of benzene rings is 1. The van der Waals surface area contributed by atoms with E-state index in [9.17, 15) is 5.26 Å². The minimum absolute atomic E-state index is 0.573. The quantitative estimate of drug-likeness (QED) is 0.734. The van der Waals surface area contributed by atoms with Gasteiger partial charge in [-0.3, -0.25) is 5.32 Å². The average molecular weight is 278 g/mol. The molecule has 0 aromatic heterocycles. The third-order valence-corrected chi connectivity index (χ3v) is 3.07. The van der Waals surface area contributed by atoms with E-state index in [1.807, 2.05) is 25.1 Å². The molecule has 0 saturated carbocycles. The number of nitriles is 1. The van der Waals surface area contributed by atoms with Gasteiger partial charge in [-0.15, -0.1) is 0 Å². The highest BCUT2D eigenvalue weighted by atomic mass is 16.5. The summed E-state index contributed by atoms with van der Waals surface area (Å²) in [6.45, 7) is 3.08. The van der Waals surface area contributed by atoms with Gasteiger partial charge in [0.25, 0.3) is 0 Å². The lowest BCUT2D eigenvalue weighted by atomic mass is 9.94. The van der Waals surface area contributed by atoms with Crippen molar-refractivity contribution < 1.29 is 14.2 Å². The number of hydrogen-bond donors (Lipinski definition) is 1. The molecule has 5 nitrogen and oxygen atoms in total. The van der Waals surface area contributed by atoms with Gasteiger partial charge < -0.3 is 14.2 Å². The molecule has 1 aromatic rings. The van der Waals surface area contributed by atoms with E-state index in [4.69, 9.17) is 14.2 Å². The zero-order valence-corrected chi connectivity index (χ0v) is 12.5. The molecule has 20 heavy (non-hydrogen) atoms. The molecule has 0 spiro atoms. The van der Waals surface area contributed by atoms with Crippen LogP contribution in [0.2, 0.25) is 0 Å². The summed E-state index contributed by atoms with van der Waals surface area (Å²) in [6.07, 6.45) is 0.577. The van der Waals surface area contributed by atoms with Crippen molar-refractivity contribution in [2.24, 2.45) is 0 Å². The third kappa shape index (κ3) is 4.41. The van der Waals surface area contributed by atoms with Crippen molar-refractivity contribution in [1.82, 2.24) is 5.32 Å². The van der Waals surface area contributed by atoms with Crippen molar-refractivity contribution in [2.45, 2.75) is 18.9 Å². The Hall–Kier alpha value is -1.77. The Morgan fingerprint density at radius 1 is 1.20 bits per heavy atom. The zero-order chi connectivity index (χ0) is 15.0. The van der Waals surface area contributed by atoms with E-state index in [1.54, 1.807) is 21.3 Å². The molecule has 1 aromatic carbocycles. The number of nitrogens with one attached hydrogen (secondary N) is 1. The highest BCUT2D eigenvalue weighted by Gasteiger charge is 2.23. The molecule has 1 N–H and O–H groups in total. The highest BCUT2D eigenvalue weighted by molar-refractivity contribution is 5.43. The first-order chi connectivity index (χ1) is 9.58. The van der Waals surface area contributed by atoms with Gasteiger partial charge in [0.15, 0.2) is 11.5 Å². The summed E-state index contributed by atoms with van der Waals surface area (Å²) in [4.78, 5) is 0. The Morgan fingerprint density at radius 3 is 2.45 bits per heavy atom. The topological polar surface area (TPSA) is 63.5 Å². The molecule has 0 aliphatic rings. The minimum atomic E-state index is -0.641. The van der Waals surface area contributed by atoms with Crippen LogP contribution in [0.4, 0.5) is 0 Å². The van der Waals surface area contributed by atoms with E-state index < -0.39 is 5.54 Å². The summed E-state index contributed by atoms with van der Waals surface area (Å²) in [5, 5.41) is 12.6. The first-order valence-corrected chi connectivity index (χ1v) is 6.44. The van der Waals surface area contributed by atoms with E-state index in [0.29, 0.717) is 31.1 Å². The van der Waals surface area contributed by atoms with Crippen LogP contribution < -0.4 is 14.8 Å². The summed E-state index contributed by atoms with van der Waals surface area (Å²) in [5.74, 6) is 1.35. The predicted molar refractivity (Wildman–Crippen MR) is 77.1 cm³/mol. The Morgan fingerprint density at radius 2 is 1.90 bits per heavy atom. The second-order valence-corrected chi connectivity index (χ2v) is 4.73. The van der Waals surface area contributed by atoms with Crippen LogP contribution in [0.1, 0.15) is 12.5 Å². The second kappa shape index (κ2) is 7.73. The van der Waals surface area contributed by atoms with E-state index in [0.717, 1.165) is 5.56 Å². The fourth-order valence-corrected chi connectivity index (χ4v) is 1.97. The third-order valence-electron chi connectivity index (χ3n) is 3.07. The number of ether oxygens (including phenoxy) is 3. The Kier molecular flexibility index (Phi) is 6.29. The predicted octanol–water partition coefficient (Wildman–Crippen LogP) is 1.76. The largest absolute Gasteiger partial charge is 0.493 e. The van der Waals surface area contributed by atoms with Gasteiger partial charge in [0.2, 0.25) is 0 Å². The summed E-state index contributed by atoms with van der Waals surface area (Å²) in [7, 11) is 4.84. The molecule has 0 heterocycles. The summed E-state index contributed by atoms with van der Waals surface area (Å²) in [6, 6.07) is 8.00. The van der Waals surface area contributed by atoms with Crippen LogP contribution >= 0.6 is 0 Å². The molecule has 0 radical (unpaired) electrons. The molecule has 0 aliphatic heterocycles. The van der Waals surface area contributed by atoms with Crippen molar-refractivity contribution in [3.05, 3.63) is 23.8 Å². The van der Waals surface area contributed by atoms with Crippen molar-refractivity contribution >= 4 is 0 Å². The smallest absolute Gasteiger partial charge is 0.160 e. The number of hydrogen-bond acceptors (Lipinski definition) is 5. The van der Waals surface area contributed by atoms with Crippen LogP contribution in [0.5, 0.6) is 11.5 Å². The Bertz CT molecular complexity index is 471. The normalized spacial score (nSPS) is 13.3. The van der Waals surface area contributed by atoms with Gasteiger partial charge in [-0.2, -0.15) is 5.26 Å². The van der Waals surface area contributed by atoms with Crippen molar-refractivity contribution in [3.8, 4) is 17.6 Å². The molecular formula is C15H22N2O3. The van der Waals surface area contributed by atoms with Crippen LogP contribution in [-0.4, -0.2) is 40.0 Å². The first-order valence-electron chi connectivity index (χ1n) is 6.44. The van der Waals surface area contributed by atoms with E-state index in [-0.39, 0.29) is 0 Å². The summed E-state index contributed by atoms with van der Waals surface area (Å²) >= 11 is 0.